The van der Waals surface area contributed by atoms with E-state index in [1.165, 1.54) is 4.90 Å². The van der Waals surface area contributed by atoms with Crippen LogP contribution in [-0.4, -0.2) is 50.8 Å². The van der Waals surface area contributed by atoms with Crippen LogP contribution in [0, 0.1) is 0 Å². The van der Waals surface area contributed by atoms with Gasteiger partial charge in [0.15, 0.2) is 0 Å². The van der Waals surface area contributed by atoms with Crippen molar-refractivity contribution in [1.29, 1.82) is 0 Å². The first-order chi connectivity index (χ1) is 13.1. The standard InChI is InChI=1S/C16H14ClN5O2.CH2O2/c1-2-10-11-7-9(8-19-14(11)21-13(10)17)12-3-4-18-15(20-12)22-5-6-24-16(22)23;2-1-3/h3-4,7-8H,2,5-6H2,1H3,(H,19,21);1H,(H,2,3). The number of carboxylic acid groups (broad SMARTS) is 1. The highest BCUT2D eigenvalue weighted by Crippen LogP contribution is 2.29. The average Bonchev–Trinajstić information content (AvgIpc) is 3.23. The SMILES string of the molecule is CCc1c(Cl)[nH]c2ncc(-c3ccnc(N4CCOC4=O)n3)cc12.O=CO. The number of aromatic nitrogens is 4. The first-order valence-electron chi connectivity index (χ1n) is 8.10. The number of fused-ring (bicyclic) bond motifs is 1. The molecule has 0 unspecified atom stereocenters. The Kier molecular flexibility index (Phi) is 5.51. The van der Waals surface area contributed by atoms with Crippen LogP contribution >= 0.6 is 11.6 Å². The Balaban J connectivity index is 0.000000659. The highest BCUT2D eigenvalue weighted by atomic mass is 35.5. The van der Waals surface area contributed by atoms with Gasteiger partial charge in [-0.15, -0.1) is 0 Å². The molecule has 140 valence electrons. The van der Waals surface area contributed by atoms with Gasteiger partial charge in [-0.25, -0.2) is 24.6 Å². The maximum atomic E-state index is 11.7. The van der Waals surface area contributed by atoms with Crippen LogP contribution in [0.25, 0.3) is 22.3 Å². The zero-order valence-electron chi connectivity index (χ0n) is 14.3. The van der Waals surface area contributed by atoms with Crippen molar-refractivity contribution in [3.05, 3.63) is 35.2 Å². The lowest BCUT2D eigenvalue weighted by Crippen LogP contribution is -2.25. The number of rotatable bonds is 3. The van der Waals surface area contributed by atoms with E-state index in [1.54, 1.807) is 18.5 Å². The number of halogens is 1. The van der Waals surface area contributed by atoms with Crippen LogP contribution in [0.5, 0.6) is 0 Å². The fourth-order valence-corrected chi connectivity index (χ4v) is 3.12. The molecule has 10 heteroatoms. The molecule has 1 aliphatic heterocycles. The molecule has 0 bridgehead atoms. The molecule has 9 nitrogen and oxygen atoms in total. The van der Waals surface area contributed by atoms with Crippen molar-refractivity contribution >= 4 is 41.1 Å². The zero-order valence-corrected chi connectivity index (χ0v) is 15.1. The Labute approximate surface area is 159 Å². The third kappa shape index (κ3) is 3.68. The number of aryl methyl sites for hydroxylation is 1. The summed E-state index contributed by atoms with van der Waals surface area (Å²) in [5.41, 5.74) is 3.30. The van der Waals surface area contributed by atoms with Crippen molar-refractivity contribution in [2.45, 2.75) is 13.3 Å². The van der Waals surface area contributed by atoms with E-state index in [0.29, 0.717) is 29.9 Å². The first-order valence-corrected chi connectivity index (χ1v) is 8.48. The summed E-state index contributed by atoms with van der Waals surface area (Å²) in [6.07, 6.45) is 3.73. The summed E-state index contributed by atoms with van der Waals surface area (Å²) in [4.78, 5) is 37.6. The minimum Gasteiger partial charge on any atom is -0.483 e. The van der Waals surface area contributed by atoms with Gasteiger partial charge in [0.25, 0.3) is 6.47 Å². The molecule has 0 aromatic carbocycles. The van der Waals surface area contributed by atoms with Crippen molar-refractivity contribution < 1.29 is 19.4 Å². The second-order valence-corrected chi connectivity index (χ2v) is 5.88. The minimum atomic E-state index is -0.425. The highest BCUT2D eigenvalue weighted by molar-refractivity contribution is 6.31. The Morgan fingerprint density at radius 3 is 2.89 bits per heavy atom. The van der Waals surface area contributed by atoms with E-state index >= 15 is 0 Å². The molecule has 3 aromatic rings. The molecule has 1 aliphatic rings. The number of nitrogens with one attached hydrogen (secondary N) is 1. The van der Waals surface area contributed by atoms with Crippen molar-refractivity contribution in [3.63, 3.8) is 0 Å². The molecule has 0 aliphatic carbocycles. The number of anilines is 1. The minimum absolute atomic E-state index is 0.250. The van der Waals surface area contributed by atoms with E-state index in [0.717, 1.165) is 28.6 Å². The Morgan fingerprint density at radius 2 is 2.22 bits per heavy atom. The Morgan fingerprint density at radius 1 is 1.44 bits per heavy atom. The van der Waals surface area contributed by atoms with Gasteiger partial charge in [0.1, 0.15) is 17.4 Å². The van der Waals surface area contributed by atoms with Crippen molar-refractivity contribution in [2.75, 3.05) is 18.1 Å². The van der Waals surface area contributed by atoms with E-state index in [1.807, 2.05) is 13.0 Å². The summed E-state index contributed by atoms with van der Waals surface area (Å²) < 4.78 is 4.93. The van der Waals surface area contributed by atoms with Gasteiger partial charge >= 0.3 is 6.09 Å². The smallest absolute Gasteiger partial charge is 0.416 e. The number of carbonyl (C=O) groups excluding carboxylic acids is 1. The molecule has 1 fully saturated rings. The molecule has 4 rings (SSSR count). The molecule has 1 saturated heterocycles. The number of aromatic amines is 1. The van der Waals surface area contributed by atoms with E-state index in [-0.39, 0.29) is 6.47 Å². The summed E-state index contributed by atoms with van der Waals surface area (Å²) in [5.74, 6) is 0.331. The Bertz CT molecular complexity index is 991. The van der Waals surface area contributed by atoms with Gasteiger partial charge in [-0.05, 0) is 24.1 Å². The molecule has 2 N–H and O–H groups in total. The van der Waals surface area contributed by atoms with Crippen LogP contribution in [0.1, 0.15) is 12.5 Å². The summed E-state index contributed by atoms with van der Waals surface area (Å²) in [7, 11) is 0. The summed E-state index contributed by atoms with van der Waals surface area (Å²) in [6.45, 7) is 2.59. The van der Waals surface area contributed by atoms with Crippen LogP contribution in [0.15, 0.2) is 24.5 Å². The highest BCUT2D eigenvalue weighted by Gasteiger charge is 2.26. The number of pyridine rings is 1. The zero-order chi connectivity index (χ0) is 19.4. The number of ether oxygens (including phenoxy) is 1. The monoisotopic (exact) mass is 389 g/mol. The average molecular weight is 390 g/mol. The van der Waals surface area contributed by atoms with Gasteiger partial charge in [0, 0.05) is 23.3 Å². The fourth-order valence-electron chi connectivity index (χ4n) is 2.79. The van der Waals surface area contributed by atoms with Crippen molar-refractivity contribution in [2.24, 2.45) is 0 Å². The lowest BCUT2D eigenvalue weighted by molar-refractivity contribution is -0.122. The molecule has 3 aromatic heterocycles. The van der Waals surface area contributed by atoms with E-state index < -0.39 is 6.09 Å². The number of hydrogen-bond acceptors (Lipinski definition) is 6. The molecular formula is C17H16ClN5O4. The molecule has 0 radical (unpaired) electrons. The van der Waals surface area contributed by atoms with Crippen LogP contribution in [0.2, 0.25) is 5.15 Å². The van der Waals surface area contributed by atoms with Crippen LogP contribution in [0.4, 0.5) is 10.7 Å². The predicted molar refractivity (Wildman–Crippen MR) is 98.9 cm³/mol. The van der Waals surface area contributed by atoms with Crippen LogP contribution < -0.4 is 4.90 Å². The van der Waals surface area contributed by atoms with E-state index in [9.17, 15) is 4.79 Å². The number of cyclic esters (lactones) is 1. The molecule has 27 heavy (non-hydrogen) atoms. The van der Waals surface area contributed by atoms with E-state index in [2.05, 4.69) is 19.9 Å². The van der Waals surface area contributed by atoms with Crippen LogP contribution in [0.3, 0.4) is 0 Å². The molecular weight excluding hydrogens is 374 g/mol. The van der Waals surface area contributed by atoms with Gasteiger partial charge < -0.3 is 14.8 Å². The predicted octanol–water partition coefficient (Wildman–Crippen LogP) is 2.89. The molecule has 1 amide bonds. The number of H-pyrrole nitrogens is 1. The largest absolute Gasteiger partial charge is 0.483 e. The second kappa shape index (κ2) is 8.00. The maximum Gasteiger partial charge on any atom is 0.416 e. The lowest BCUT2D eigenvalue weighted by Gasteiger charge is -2.11. The van der Waals surface area contributed by atoms with Crippen molar-refractivity contribution in [3.8, 4) is 11.3 Å². The summed E-state index contributed by atoms with van der Waals surface area (Å²) in [6, 6.07) is 3.78. The molecule has 4 heterocycles. The van der Waals surface area contributed by atoms with Gasteiger partial charge in [0.05, 0.1) is 12.2 Å². The third-order valence-electron chi connectivity index (χ3n) is 4.00. The van der Waals surface area contributed by atoms with Gasteiger partial charge in [-0.3, -0.25) is 4.79 Å². The molecule has 0 atom stereocenters. The fraction of sp³-hybridized carbons (Fsp3) is 0.235. The first kappa shape index (κ1) is 18.6. The summed E-state index contributed by atoms with van der Waals surface area (Å²) in [5, 5.41) is 8.47. The number of amides is 1. The second-order valence-electron chi connectivity index (χ2n) is 5.50. The lowest BCUT2D eigenvalue weighted by atomic mass is 10.1. The number of nitrogens with zero attached hydrogens (tertiary/aromatic N) is 4. The van der Waals surface area contributed by atoms with E-state index in [4.69, 9.17) is 26.2 Å². The van der Waals surface area contributed by atoms with Crippen molar-refractivity contribution in [1.82, 2.24) is 19.9 Å². The summed E-state index contributed by atoms with van der Waals surface area (Å²) >= 11 is 6.21. The van der Waals surface area contributed by atoms with Crippen LogP contribution in [-0.2, 0) is 16.0 Å². The third-order valence-corrected chi connectivity index (χ3v) is 4.32. The number of hydrogen-bond donors (Lipinski definition) is 2. The maximum absolute atomic E-state index is 11.7. The Hall–Kier alpha value is -3.20. The topological polar surface area (TPSA) is 121 Å². The normalized spacial score (nSPS) is 13.3. The quantitative estimate of drug-likeness (QED) is 0.660. The molecule has 0 saturated carbocycles. The van der Waals surface area contributed by atoms with Gasteiger partial charge in [-0.1, -0.05) is 18.5 Å². The molecule has 0 spiro atoms. The number of carbonyl (C=O) groups is 2. The van der Waals surface area contributed by atoms with Gasteiger partial charge in [0.2, 0.25) is 5.95 Å². The van der Waals surface area contributed by atoms with Gasteiger partial charge in [-0.2, -0.15) is 0 Å².